The van der Waals surface area contributed by atoms with Crippen LogP contribution in [0.5, 0.6) is 0 Å². The Morgan fingerprint density at radius 3 is 2.21 bits per heavy atom. The van der Waals surface area contributed by atoms with Gasteiger partial charge in [-0.1, -0.05) is 0 Å². The lowest BCUT2D eigenvalue weighted by Crippen LogP contribution is -2.49. The number of carboxylic acids is 1. The highest BCUT2D eigenvalue weighted by atomic mass is 16.4. The van der Waals surface area contributed by atoms with Crippen LogP contribution >= 0.6 is 0 Å². The fourth-order valence-electron chi connectivity index (χ4n) is 0.692. The molecular formula is C6H14N4O4. The molecule has 8 heteroatoms. The van der Waals surface area contributed by atoms with Gasteiger partial charge in [0.25, 0.3) is 0 Å². The van der Waals surface area contributed by atoms with Gasteiger partial charge in [0.1, 0.15) is 18.2 Å². The van der Waals surface area contributed by atoms with E-state index in [0.29, 0.717) is 0 Å². The maximum atomic E-state index is 10.3. The second kappa shape index (κ2) is 5.37. The molecule has 3 atom stereocenters. The number of rotatable bonds is 5. The molecule has 82 valence electrons. The summed E-state index contributed by atoms with van der Waals surface area (Å²) in [6, 6.07) is -1.57. The molecule has 0 bridgehead atoms. The molecule has 0 saturated heterocycles. The predicted octanol–water partition coefficient (Wildman–Crippen LogP) is -3.61. The second-order valence-electron chi connectivity index (χ2n) is 2.69. The van der Waals surface area contributed by atoms with Crippen LogP contribution in [0.4, 0.5) is 0 Å². The summed E-state index contributed by atoms with van der Waals surface area (Å²) in [7, 11) is 0. The van der Waals surface area contributed by atoms with Gasteiger partial charge in [0.2, 0.25) is 0 Å². The van der Waals surface area contributed by atoms with Crippen molar-refractivity contribution >= 4 is 11.9 Å². The smallest absolute Gasteiger partial charge is 0.323 e. The van der Waals surface area contributed by atoms with E-state index in [1.807, 2.05) is 0 Å². The van der Waals surface area contributed by atoms with E-state index in [4.69, 9.17) is 27.4 Å². The van der Waals surface area contributed by atoms with Crippen molar-refractivity contribution in [2.75, 3.05) is 6.54 Å². The maximum Gasteiger partial charge on any atom is 0.323 e. The number of guanidine groups is 1. The van der Waals surface area contributed by atoms with Crippen molar-refractivity contribution in [3.8, 4) is 0 Å². The SMILES string of the molecule is NC(N)=NC[C@H](O)[C@@H](O)[C@H](N)C(=O)O. The predicted molar refractivity (Wildman–Crippen MR) is 48.3 cm³/mol. The lowest BCUT2D eigenvalue weighted by Gasteiger charge is -2.19. The standard InChI is InChI=1S/C6H14N4O4/c7-3(5(13)14)4(12)2(11)1-10-6(8)9/h2-4,11-12H,1,7H2,(H,13,14)(H4,8,9,10)/t2-,3-,4+/m0/s1. The van der Waals surface area contributed by atoms with Crippen LogP contribution in [0.15, 0.2) is 4.99 Å². The molecule has 14 heavy (non-hydrogen) atoms. The molecule has 0 rings (SSSR count). The molecule has 0 amide bonds. The van der Waals surface area contributed by atoms with Gasteiger partial charge < -0.3 is 32.5 Å². The Morgan fingerprint density at radius 1 is 1.36 bits per heavy atom. The van der Waals surface area contributed by atoms with Crippen LogP contribution < -0.4 is 17.2 Å². The summed E-state index contributed by atoms with van der Waals surface area (Å²) in [6.45, 7) is -0.301. The summed E-state index contributed by atoms with van der Waals surface area (Å²) in [4.78, 5) is 13.7. The molecule has 0 spiro atoms. The highest BCUT2D eigenvalue weighted by molar-refractivity contribution is 5.75. The van der Waals surface area contributed by atoms with E-state index in [-0.39, 0.29) is 12.5 Å². The van der Waals surface area contributed by atoms with Crippen molar-refractivity contribution in [1.82, 2.24) is 0 Å². The first-order valence-electron chi connectivity index (χ1n) is 3.76. The van der Waals surface area contributed by atoms with Crippen molar-refractivity contribution in [3.63, 3.8) is 0 Å². The number of carboxylic acid groups (broad SMARTS) is 1. The van der Waals surface area contributed by atoms with Gasteiger partial charge in [-0.25, -0.2) is 0 Å². The normalized spacial score (nSPS) is 16.8. The minimum Gasteiger partial charge on any atom is -0.480 e. The van der Waals surface area contributed by atoms with Crippen LogP contribution in [-0.2, 0) is 4.79 Å². The van der Waals surface area contributed by atoms with E-state index in [9.17, 15) is 9.90 Å². The van der Waals surface area contributed by atoms with Gasteiger partial charge in [0.05, 0.1) is 6.54 Å². The number of aliphatic hydroxyl groups excluding tert-OH is 2. The third kappa shape index (κ3) is 4.03. The van der Waals surface area contributed by atoms with Gasteiger partial charge in [-0.2, -0.15) is 0 Å². The lowest BCUT2D eigenvalue weighted by atomic mass is 10.1. The molecule has 0 saturated carbocycles. The van der Waals surface area contributed by atoms with Crippen LogP contribution in [0, 0.1) is 0 Å². The van der Waals surface area contributed by atoms with E-state index in [0.717, 1.165) is 0 Å². The highest BCUT2D eigenvalue weighted by Crippen LogP contribution is 1.99. The summed E-state index contributed by atoms with van der Waals surface area (Å²) in [5.74, 6) is -1.68. The molecule has 8 nitrogen and oxygen atoms in total. The summed E-state index contributed by atoms with van der Waals surface area (Å²) >= 11 is 0. The van der Waals surface area contributed by atoms with E-state index >= 15 is 0 Å². The van der Waals surface area contributed by atoms with Gasteiger partial charge >= 0.3 is 5.97 Å². The van der Waals surface area contributed by atoms with Crippen LogP contribution in [0.25, 0.3) is 0 Å². The van der Waals surface area contributed by atoms with E-state index in [2.05, 4.69) is 4.99 Å². The maximum absolute atomic E-state index is 10.3. The Hall–Kier alpha value is -1.38. The van der Waals surface area contributed by atoms with E-state index in [1.165, 1.54) is 0 Å². The molecular weight excluding hydrogens is 192 g/mol. The van der Waals surface area contributed by atoms with Crippen molar-refractivity contribution in [3.05, 3.63) is 0 Å². The Kier molecular flexibility index (Phi) is 4.84. The van der Waals surface area contributed by atoms with Crippen LogP contribution in [0.1, 0.15) is 0 Å². The number of aliphatic hydroxyl groups is 2. The Morgan fingerprint density at radius 2 is 1.86 bits per heavy atom. The summed E-state index contributed by atoms with van der Waals surface area (Å²) in [5, 5.41) is 26.7. The number of nitrogens with two attached hydrogens (primary N) is 3. The van der Waals surface area contributed by atoms with Gasteiger partial charge in [-0.15, -0.1) is 0 Å². The summed E-state index contributed by atoms with van der Waals surface area (Å²) in [5.41, 5.74) is 15.0. The van der Waals surface area contributed by atoms with E-state index < -0.39 is 24.2 Å². The average molecular weight is 206 g/mol. The Bertz CT molecular complexity index is 228. The minimum absolute atomic E-state index is 0.264. The number of nitrogens with zero attached hydrogens (tertiary/aromatic N) is 1. The fourth-order valence-corrected chi connectivity index (χ4v) is 0.692. The summed E-state index contributed by atoms with van der Waals surface area (Å²) < 4.78 is 0. The first-order valence-corrected chi connectivity index (χ1v) is 3.76. The molecule has 0 aliphatic rings. The zero-order valence-corrected chi connectivity index (χ0v) is 7.37. The van der Waals surface area contributed by atoms with E-state index in [1.54, 1.807) is 0 Å². The highest BCUT2D eigenvalue weighted by Gasteiger charge is 2.28. The van der Waals surface area contributed by atoms with Crippen molar-refractivity contribution in [2.45, 2.75) is 18.2 Å². The van der Waals surface area contributed by atoms with Crippen LogP contribution in [-0.4, -0.2) is 52.0 Å². The fraction of sp³-hybridized carbons (Fsp3) is 0.667. The summed E-state index contributed by atoms with van der Waals surface area (Å²) in [6.07, 6.45) is -3.03. The third-order valence-electron chi connectivity index (χ3n) is 1.51. The third-order valence-corrected chi connectivity index (χ3v) is 1.51. The zero-order chi connectivity index (χ0) is 11.3. The molecule has 0 fully saturated rings. The monoisotopic (exact) mass is 206 g/mol. The first kappa shape index (κ1) is 12.6. The first-order chi connectivity index (χ1) is 6.36. The van der Waals surface area contributed by atoms with Crippen molar-refractivity contribution in [2.24, 2.45) is 22.2 Å². The average Bonchev–Trinajstić information content (AvgIpc) is 2.11. The van der Waals surface area contributed by atoms with Crippen molar-refractivity contribution in [1.29, 1.82) is 0 Å². The molecule has 0 aromatic heterocycles. The topological polar surface area (TPSA) is 168 Å². The number of hydrogen-bond donors (Lipinski definition) is 6. The van der Waals surface area contributed by atoms with Gasteiger partial charge in [0.15, 0.2) is 5.96 Å². The molecule has 0 aliphatic heterocycles. The molecule has 0 aliphatic carbocycles. The largest absolute Gasteiger partial charge is 0.480 e. The number of hydrogen-bond acceptors (Lipinski definition) is 5. The molecule has 0 unspecified atom stereocenters. The molecule has 0 aromatic rings. The van der Waals surface area contributed by atoms with Gasteiger partial charge in [-0.05, 0) is 0 Å². The Labute approximate surface area is 80.0 Å². The van der Waals surface area contributed by atoms with Gasteiger partial charge in [0, 0.05) is 0 Å². The van der Waals surface area contributed by atoms with Crippen LogP contribution in [0.2, 0.25) is 0 Å². The molecule has 9 N–H and O–H groups in total. The lowest BCUT2D eigenvalue weighted by molar-refractivity contribution is -0.143. The molecule has 0 heterocycles. The number of aliphatic imine (C=N–C) groups is 1. The number of carbonyl (C=O) groups is 1. The Balaban J connectivity index is 4.18. The van der Waals surface area contributed by atoms with Crippen LogP contribution in [0.3, 0.4) is 0 Å². The number of aliphatic carboxylic acids is 1. The molecule has 0 radical (unpaired) electrons. The second-order valence-corrected chi connectivity index (χ2v) is 2.69. The minimum atomic E-state index is -1.62. The zero-order valence-electron chi connectivity index (χ0n) is 7.37. The quantitative estimate of drug-likeness (QED) is 0.199. The van der Waals surface area contributed by atoms with Gasteiger partial charge in [-0.3, -0.25) is 9.79 Å². The molecule has 0 aromatic carbocycles. The van der Waals surface area contributed by atoms with Crippen molar-refractivity contribution < 1.29 is 20.1 Å².